The molecule has 0 aromatic carbocycles. The van der Waals surface area contributed by atoms with Gasteiger partial charge in [-0.25, -0.2) is 18.6 Å². The van der Waals surface area contributed by atoms with E-state index in [-0.39, 0.29) is 29.2 Å². The van der Waals surface area contributed by atoms with Gasteiger partial charge in [-0.05, 0) is 44.7 Å². The highest BCUT2D eigenvalue weighted by atomic mass is 32.2. The fraction of sp³-hybridized carbons (Fsp3) is 0.522. The van der Waals surface area contributed by atoms with Crippen LogP contribution in [0.2, 0.25) is 0 Å². The number of urea groups is 1. The number of carbonyl (C=O) groups is 2. The Kier molecular flexibility index (Phi) is 7.07. The van der Waals surface area contributed by atoms with Crippen molar-refractivity contribution in [3.05, 3.63) is 23.5 Å². The first-order valence-electron chi connectivity index (χ1n) is 12.0. The molecule has 0 bridgehead atoms. The van der Waals surface area contributed by atoms with Crippen LogP contribution in [0.5, 0.6) is 0 Å². The summed E-state index contributed by atoms with van der Waals surface area (Å²) in [5.74, 6) is 0.457. The van der Waals surface area contributed by atoms with Gasteiger partial charge in [0.25, 0.3) is 6.43 Å². The topological polar surface area (TPSA) is 99.0 Å². The summed E-state index contributed by atoms with van der Waals surface area (Å²) in [7, 11) is 1.62. The first kappa shape index (κ1) is 25.8. The van der Waals surface area contributed by atoms with Crippen LogP contribution in [0.15, 0.2) is 23.4 Å². The first-order valence-corrected chi connectivity index (χ1v) is 13.6. The third-order valence-electron chi connectivity index (χ3n) is 6.72. The van der Waals surface area contributed by atoms with Gasteiger partial charge in [-0.1, -0.05) is 11.3 Å². The van der Waals surface area contributed by atoms with Crippen molar-refractivity contribution in [1.82, 2.24) is 34.1 Å². The number of aromatic nitrogens is 4. The second-order valence-electron chi connectivity index (χ2n) is 9.73. The van der Waals surface area contributed by atoms with Crippen LogP contribution in [0.4, 0.5) is 19.3 Å². The lowest BCUT2D eigenvalue weighted by Gasteiger charge is -2.42. The van der Waals surface area contributed by atoms with E-state index in [0.717, 1.165) is 40.3 Å². The van der Waals surface area contributed by atoms with Crippen molar-refractivity contribution < 1.29 is 18.4 Å². The van der Waals surface area contributed by atoms with Crippen LogP contribution in [-0.4, -0.2) is 86.5 Å². The summed E-state index contributed by atoms with van der Waals surface area (Å²) < 4.78 is 31.7. The molecule has 1 atom stereocenters. The number of amides is 2. The highest BCUT2D eigenvalue weighted by Crippen LogP contribution is 2.39. The van der Waals surface area contributed by atoms with Gasteiger partial charge in [0.2, 0.25) is 0 Å². The number of likely N-dealkylation sites (N-methyl/N-ethyl adjacent to an activating group) is 1. The SMILES string of the molecule is CC1CN(c2cc(SNC3(C)CC3)cn3c(-c4nnc(C(F)F)s4)ncc23)CCN1C(=O)N(C)CC=O. The van der Waals surface area contributed by atoms with E-state index in [1.54, 1.807) is 18.1 Å². The molecule has 5 rings (SSSR count). The Morgan fingerprint density at radius 1 is 1.38 bits per heavy atom. The van der Waals surface area contributed by atoms with Crippen molar-refractivity contribution in [2.75, 3.05) is 38.1 Å². The van der Waals surface area contributed by atoms with Crippen LogP contribution in [-0.2, 0) is 4.79 Å². The van der Waals surface area contributed by atoms with Crippen molar-refractivity contribution in [3.63, 3.8) is 0 Å². The van der Waals surface area contributed by atoms with Crippen molar-refractivity contribution in [2.45, 2.75) is 49.6 Å². The third kappa shape index (κ3) is 5.27. The number of halogens is 2. The molecule has 1 N–H and O–H groups in total. The standard InChI is InChI=1S/C23H28F2N8O2S2/c1-14-12-31(6-7-32(14)22(35)30(3)8-9-34)16-10-15(37-29-23(2)4-5-23)13-33-17(16)11-26-19(33)21-28-27-20(36-21)18(24)25/h9-11,13-14,18,29H,4-8,12H2,1-3H3. The number of nitrogens with one attached hydrogen (secondary N) is 1. The summed E-state index contributed by atoms with van der Waals surface area (Å²) in [5, 5.41) is 7.58. The van der Waals surface area contributed by atoms with E-state index >= 15 is 0 Å². The molecule has 37 heavy (non-hydrogen) atoms. The van der Waals surface area contributed by atoms with Crippen molar-refractivity contribution >= 4 is 46.8 Å². The Bertz CT molecular complexity index is 1310. The Morgan fingerprint density at radius 2 is 2.16 bits per heavy atom. The van der Waals surface area contributed by atoms with Crippen LogP contribution in [0.3, 0.4) is 0 Å². The summed E-state index contributed by atoms with van der Waals surface area (Å²) >= 11 is 2.37. The highest BCUT2D eigenvalue weighted by Gasteiger charge is 2.37. The molecule has 1 aliphatic carbocycles. The molecule has 0 radical (unpaired) electrons. The molecular weight excluding hydrogens is 522 g/mol. The molecule has 14 heteroatoms. The lowest BCUT2D eigenvalue weighted by molar-refractivity contribution is -0.108. The van der Waals surface area contributed by atoms with E-state index < -0.39 is 6.43 Å². The average molecular weight is 551 g/mol. The molecule has 3 aromatic heterocycles. The number of hydrogen-bond acceptors (Lipinski definition) is 9. The Balaban J connectivity index is 1.47. The molecule has 2 fully saturated rings. The number of aldehydes is 1. The quantitative estimate of drug-likeness (QED) is 0.335. The Hall–Kier alpha value is -2.84. The predicted molar refractivity (Wildman–Crippen MR) is 138 cm³/mol. The van der Waals surface area contributed by atoms with Crippen molar-refractivity contribution in [2.24, 2.45) is 0 Å². The number of hydrogen-bond donors (Lipinski definition) is 1. The number of fused-ring (bicyclic) bond motifs is 1. The lowest BCUT2D eigenvalue weighted by Crippen LogP contribution is -2.57. The van der Waals surface area contributed by atoms with Gasteiger partial charge in [-0.3, -0.25) is 9.12 Å². The van der Waals surface area contributed by atoms with Gasteiger partial charge in [0.1, 0.15) is 6.29 Å². The van der Waals surface area contributed by atoms with Crippen LogP contribution in [0, 0.1) is 0 Å². The molecule has 1 saturated carbocycles. The Labute approximate surface area is 221 Å². The van der Waals surface area contributed by atoms with E-state index in [4.69, 9.17) is 0 Å². The number of imidazole rings is 1. The summed E-state index contributed by atoms with van der Waals surface area (Å²) in [4.78, 5) is 34.5. The van der Waals surface area contributed by atoms with Crippen molar-refractivity contribution in [3.8, 4) is 10.8 Å². The maximum absolute atomic E-state index is 13.2. The minimum absolute atomic E-state index is 0.0507. The monoisotopic (exact) mass is 550 g/mol. The molecule has 2 aliphatic rings. The van der Waals surface area contributed by atoms with Crippen molar-refractivity contribution in [1.29, 1.82) is 0 Å². The zero-order valence-corrected chi connectivity index (χ0v) is 22.4. The van der Waals surface area contributed by atoms with Crippen LogP contribution in [0.1, 0.15) is 38.1 Å². The molecule has 1 saturated heterocycles. The summed E-state index contributed by atoms with van der Waals surface area (Å²) in [5.41, 5.74) is 1.86. The number of rotatable bonds is 8. The van der Waals surface area contributed by atoms with E-state index in [1.165, 1.54) is 16.8 Å². The van der Waals surface area contributed by atoms with Gasteiger partial charge in [0.15, 0.2) is 15.8 Å². The van der Waals surface area contributed by atoms with Gasteiger partial charge in [-0.15, -0.1) is 10.2 Å². The van der Waals surface area contributed by atoms with Gasteiger partial charge in [-0.2, -0.15) is 0 Å². The number of anilines is 1. The van der Waals surface area contributed by atoms with E-state index in [2.05, 4.69) is 37.8 Å². The number of alkyl halides is 2. The van der Waals surface area contributed by atoms with E-state index in [1.807, 2.05) is 17.5 Å². The normalized spacial score (nSPS) is 19.0. The van der Waals surface area contributed by atoms with Gasteiger partial charge in [0.05, 0.1) is 23.9 Å². The smallest absolute Gasteiger partial charge is 0.320 e. The molecule has 1 aliphatic heterocycles. The largest absolute Gasteiger partial charge is 0.366 e. The zero-order chi connectivity index (χ0) is 26.3. The molecular formula is C23H28F2N8O2S2. The second-order valence-corrected chi connectivity index (χ2v) is 11.6. The Morgan fingerprint density at radius 3 is 2.81 bits per heavy atom. The molecule has 2 amide bonds. The fourth-order valence-corrected chi connectivity index (χ4v) is 5.87. The second kappa shape index (κ2) is 10.1. The van der Waals surface area contributed by atoms with Crippen LogP contribution in [0.25, 0.3) is 16.3 Å². The lowest BCUT2D eigenvalue weighted by atomic mass is 10.1. The summed E-state index contributed by atoms with van der Waals surface area (Å²) in [6.45, 7) is 5.89. The minimum Gasteiger partial charge on any atom is -0.366 e. The number of nitrogens with zero attached hydrogens (tertiary/aromatic N) is 7. The number of carbonyl (C=O) groups excluding carboxylic acids is 2. The van der Waals surface area contributed by atoms with Gasteiger partial charge in [0, 0.05) is 49.4 Å². The molecule has 198 valence electrons. The summed E-state index contributed by atoms with van der Waals surface area (Å²) in [6, 6.07) is 1.83. The van der Waals surface area contributed by atoms with Gasteiger partial charge >= 0.3 is 6.03 Å². The highest BCUT2D eigenvalue weighted by molar-refractivity contribution is 7.97. The zero-order valence-electron chi connectivity index (χ0n) is 20.7. The molecule has 4 heterocycles. The van der Waals surface area contributed by atoms with E-state index in [0.29, 0.717) is 36.8 Å². The number of piperazine rings is 1. The maximum atomic E-state index is 13.2. The number of pyridine rings is 1. The molecule has 1 unspecified atom stereocenters. The average Bonchev–Trinajstić information content (AvgIpc) is 3.24. The minimum atomic E-state index is -2.69. The predicted octanol–water partition coefficient (Wildman–Crippen LogP) is 3.70. The fourth-order valence-electron chi connectivity index (χ4n) is 4.28. The summed E-state index contributed by atoms with van der Waals surface area (Å²) in [6.07, 6.45) is 3.91. The molecule has 0 spiro atoms. The third-order valence-corrected chi connectivity index (χ3v) is 8.70. The van der Waals surface area contributed by atoms with Crippen LogP contribution < -0.4 is 9.62 Å². The molecule has 10 nitrogen and oxygen atoms in total. The molecule has 3 aromatic rings. The van der Waals surface area contributed by atoms with Gasteiger partial charge < -0.3 is 19.5 Å². The maximum Gasteiger partial charge on any atom is 0.320 e. The van der Waals surface area contributed by atoms with E-state index in [9.17, 15) is 18.4 Å². The van der Waals surface area contributed by atoms with Crippen LogP contribution >= 0.6 is 23.3 Å². The first-order chi connectivity index (χ1) is 17.7.